The summed E-state index contributed by atoms with van der Waals surface area (Å²) in [4.78, 5) is 3.08. The molecule has 18 heavy (non-hydrogen) atoms. The van der Waals surface area contributed by atoms with E-state index in [1.54, 1.807) is 12.3 Å². The number of benzene rings is 1. The van der Waals surface area contributed by atoms with Gasteiger partial charge in [0.1, 0.15) is 5.82 Å². The zero-order valence-corrected chi connectivity index (χ0v) is 9.91. The van der Waals surface area contributed by atoms with Gasteiger partial charge in [0.15, 0.2) is 0 Å². The number of hydrogen-bond donors (Lipinski definition) is 3. The fourth-order valence-electron chi connectivity index (χ4n) is 2.56. The Balaban J connectivity index is 2.21. The minimum Gasteiger partial charge on any atom is -0.394 e. The Morgan fingerprint density at radius 3 is 3.06 bits per heavy atom. The van der Waals surface area contributed by atoms with Crippen LogP contribution in [0.1, 0.15) is 12.0 Å². The van der Waals surface area contributed by atoms with Gasteiger partial charge in [-0.3, -0.25) is 0 Å². The highest BCUT2D eigenvalue weighted by Gasteiger charge is 2.22. The molecule has 0 aliphatic carbocycles. The maximum absolute atomic E-state index is 14.1. The second-order valence-electron chi connectivity index (χ2n) is 4.50. The second kappa shape index (κ2) is 4.55. The van der Waals surface area contributed by atoms with Gasteiger partial charge >= 0.3 is 0 Å². The molecule has 1 unspecified atom stereocenters. The molecule has 0 radical (unpaired) electrons. The Labute approximate surface area is 104 Å². The van der Waals surface area contributed by atoms with Crippen LogP contribution in [0.4, 0.5) is 4.39 Å². The van der Waals surface area contributed by atoms with Gasteiger partial charge in [-0.2, -0.15) is 0 Å². The molecule has 3 rings (SSSR count). The first-order valence-corrected chi connectivity index (χ1v) is 6.11. The third kappa shape index (κ3) is 1.74. The average molecular weight is 246 g/mol. The van der Waals surface area contributed by atoms with Gasteiger partial charge in [0.2, 0.25) is 0 Å². The molecule has 0 spiro atoms. The lowest BCUT2D eigenvalue weighted by molar-refractivity contribution is 0.266. The van der Waals surface area contributed by atoms with Crippen LogP contribution in [0.3, 0.4) is 0 Å². The summed E-state index contributed by atoms with van der Waals surface area (Å²) in [6.45, 7) is 0.791. The van der Waals surface area contributed by atoms with Crippen molar-refractivity contribution in [3.63, 3.8) is 0 Å². The van der Waals surface area contributed by atoms with Gasteiger partial charge in [0.05, 0.1) is 18.2 Å². The van der Waals surface area contributed by atoms with Gasteiger partial charge in [-0.15, -0.1) is 0 Å². The van der Waals surface area contributed by atoms with Crippen LogP contribution < -0.4 is 5.32 Å². The summed E-state index contributed by atoms with van der Waals surface area (Å²) >= 11 is 0. The van der Waals surface area contributed by atoms with Crippen molar-refractivity contribution >= 4 is 16.5 Å². The van der Waals surface area contributed by atoms with Crippen LogP contribution in [0.25, 0.3) is 16.5 Å². The summed E-state index contributed by atoms with van der Waals surface area (Å²) in [5, 5.41) is 13.6. The Hall–Kier alpha value is -1.65. The zero-order chi connectivity index (χ0) is 12.5. The number of aliphatic hydroxyl groups excluding tert-OH is 1. The number of rotatable bonds is 2. The van der Waals surface area contributed by atoms with Crippen molar-refractivity contribution in [1.29, 1.82) is 0 Å². The second-order valence-corrected chi connectivity index (χ2v) is 4.50. The molecule has 1 atom stereocenters. The minimum atomic E-state index is -0.252. The molecule has 2 aromatic rings. The van der Waals surface area contributed by atoms with E-state index >= 15 is 0 Å². The van der Waals surface area contributed by atoms with E-state index in [1.807, 2.05) is 12.1 Å². The maximum Gasteiger partial charge on any atom is 0.132 e. The molecule has 1 aliphatic heterocycles. The normalized spacial score (nSPS) is 20.1. The topological polar surface area (TPSA) is 48.0 Å². The number of aliphatic hydroxyl groups is 1. The van der Waals surface area contributed by atoms with E-state index in [0.29, 0.717) is 5.56 Å². The molecule has 0 fully saturated rings. The molecule has 2 heterocycles. The van der Waals surface area contributed by atoms with Crippen LogP contribution >= 0.6 is 0 Å². The Morgan fingerprint density at radius 2 is 2.22 bits per heavy atom. The van der Waals surface area contributed by atoms with E-state index in [1.165, 1.54) is 6.07 Å². The molecule has 1 aliphatic rings. The van der Waals surface area contributed by atoms with Crippen molar-refractivity contribution in [2.24, 2.45) is 0 Å². The van der Waals surface area contributed by atoms with Crippen molar-refractivity contribution in [3.05, 3.63) is 41.9 Å². The fraction of sp³-hybridized carbons (Fsp3) is 0.286. The Bertz CT molecular complexity index is 603. The molecule has 0 bridgehead atoms. The number of nitrogens with one attached hydrogen (secondary N) is 2. The predicted molar refractivity (Wildman–Crippen MR) is 69.7 cm³/mol. The molecule has 1 aromatic carbocycles. The third-order valence-corrected chi connectivity index (χ3v) is 3.42. The summed E-state index contributed by atoms with van der Waals surface area (Å²) in [5.74, 6) is -0.252. The van der Waals surface area contributed by atoms with E-state index < -0.39 is 0 Å². The molecular weight excluding hydrogens is 231 g/mol. The first-order chi connectivity index (χ1) is 8.81. The summed E-state index contributed by atoms with van der Waals surface area (Å²) in [6, 6.07) is 4.97. The summed E-state index contributed by atoms with van der Waals surface area (Å²) in [5.41, 5.74) is 2.21. The smallest absolute Gasteiger partial charge is 0.132 e. The molecular formula is C14H15FN2O. The van der Waals surface area contributed by atoms with Crippen molar-refractivity contribution < 1.29 is 9.50 Å². The van der Waals surface area contributed by atoms with Crippen LogP contribution in [-0.2, 0) is 0 Å². The van der Waals surface area contributed by atoms with Crippen molar-refractivity contribution in [3.8, 4) is 0 Å². The van der Waals surface area contributed by atoms with Crippen LogP contribution in [0.15, 0.2) is 30.5 Å². The molecule has 0 saturated carbocycles. The number of H-pyrrole nitrogens is 1. The highest BCUT2D eigenvalue weighted by Crippen LogP contribution is 2.30. The van der Waals surface area contributed by atoms with Gasteiger partial charge in [0, 0.05) is 17.1 Å². The average Bonchev–Trinajstić information content (AvgIpc) is 2.87. The maximum atomic E-state index is 14.1. The fourth-order valence-corrected chi connectivity index (χ4v) is 2.56. The van der Waals surface area contributed by atoms with E-state index in [0.717, 1.165) is 29.4 Å². The van der Waals surface area contributed by atoms with Gasteiger partial charge < -0.3 is 15.4 Å². The largest absolute Gasteiger partial charge is 0.394 e. The SMILES string of the molecule is OCC1NCCC=C1c1c(F)ccc2cc[nH]c12. The van der Waals surface area contributed by atoms with Crippen LogP contribution in [0, 0.1) is 5.82 Å². The predicted octanol–water partition coefficient (Wildman–Crippen LogP) is 2.04. The quantitative estimate of drug-likeness (QED) is 0.759. The van der Waals surface area contributed by atoms with E-state index in [9.17, 15) is 9.50 Å². The first kappa shape index (κ1) is 11.4. The van der Waals surface area contributed by atoms with Gasteiger partial charge in [-0.25, -0.2) is 4.39 Å². The van der Waals surface area contributed by atoms with Crippen LogP contribution in [0.5, 0.6) is 0 Å². The minimum absolute atomic E-state index is 0.0254. The van der Waals surface area contributed by atoms with Crippen molar-refractivity contribution in [2.45, 2.75) is 12.5 Å². The molecule has 1 aromatic heterocycles. The Kier molecular flexibility index (Phi) is 2.89. The third-order valence-electron chi connectivity index (χ3n) is 3.42. The van der Waals surface area contributed by atoms with Gasteiger partial charge in [-0.1, -0.05) is 6.08 Å². The number of hydrogen-bond acceptors (Lipinski definition) is 2. The summed E-state index contributed by atoms with van der Waals surface area (Å²) in [7, 11) is 0. The van der Waals surface area contributed by atoms with E-state index in [4.69, 9.17) is 0 Å². The van der Waals surface area contributed by atoms with Crippen LogP contribution in [0.2, 0.25) is 0 Å². The number of aromatic nitrogens is 1. The summed E-state index contributed by atoms with van der Waals surface area (Å²) in [6.07, 6.45) is 4.66. The highest BCUT2D eigenvalue weighted by molar-refractivity contribution is 5.93. The lowest BCUT2D eigenvalue weighted by Gasteiger charge is -2.25. The first-order valence-electron chi connectivity index (χ1n) is 6.11. The lowest BCUT2D eigenvalue weighted by atomic mass is 9.93. The molecule has 94 valence electrons. The van der Waals surface area contributed by atoms with Gasteiger partial charge in [-0.05, 0) is 36.7 Å². The molecule has 0 saturated heterocycles. The highest BCUT2D eigenvalue weighted by atomic mass is 19.1. The lowest BCUT2D eigenvalue weighted by Crippen LogP contribution is -2.37. The number of aromatic amines is 1. The van der Waals surface area contributed by atoms with E-state index in [-0.39, 0.29) is 18.5 Å². The number of halogens is 1. The van der Waals surface area contributed by atoms with E-state index in [2.05, 4.69) is 10.3 Å². The molecule has 0 amide bonds. The zero-order valence-electron chi connectivity index (χ0n) is 9.91. The van der Waals surface area contributed by atoms with Gasteiger partial charge in [0.25, 0.3) is 0 Å². The molecule has 4 heteroatoms. The van der Waals surface area contributed by atoms with Crippen LogP contribution in [-0.4, -0.2) is 29.3 Å². The molecule has 3 nitrogen and oxygen atoms in total. The Morgan fingerprint density at radius 1 is 1.33 bits per heavy atom. The summed E-state index contributed by atoms with van der Waals surface area (Å²) < 4.78 is 14.1. The standard InChI is InChI=1S/C14H15FN2O/c15-11-4-3-9-5-7-17-14(9)13(11)10-2-1-6-16-12(10)8-18/h2-5,7,12,16-18H,1,6,8H2. The number of fused-ring (bicyclic) bond motifs is 1. The molecule has 3 N–H and O–H groups in total. The van der Waals surface area contributed by atoms with Crippen molar-refractivity contribution in [2.75, 3.05) is 13.2 Å². The monoisotopic (exact) mass is 246 g/mol. The van der Waals surface area contributed by atoms with Crippen molar-refractivity contribution in [1.82, 2.24) is 10.3 Å².